The molecule has 6 rings (SSSR count). The van der Waals surface area contributed by atoms with Crippen LogP contribution < -0.4 is 32.6 Å². The monoisotopic (exact) mass is 749 g/mol. The third-order valence-electron chi connectivity index (χ3n) is 10.5. The molecule has 1 aromatic carbocycles. The molecule has 288 valence electrons. The van der Waals surface area contributed by atoms with Crippen molar-refractivity contribution in [3.63, 3.8) is 0 Å². The van der Waals surface area contributed by atoms with Gasteiger partial charge < -0.3 is 46.1 Å². The summed E-state index contributed by atoms with van der Waals surface area (Å²) in [5, 5.41) is 22.3. The van der Waals surface area contributed by atoms with Crippen LogP contribution in [0, 0.1) is 18.7 Å². The van der Waals surface area contributed by atoms with Crippen molar-refractivity contribution < 1.29 is 42.9 Å². The lowest BCUT2D eigenvalue weighted by molar-refractivity contribution is -0.172. The number of amides is 4. The van der Waals surface area contributed by atoms with Crippen LogP contribution in [-0.2, 0) is 58.6 Å². The van der Waals surface area contributed by atoms with E-state index in [-0.39, 0.29) is 43.3 Å². The number of benzene rings is 1. The second-order valence-corrected chi connectivity index (χ2v) is 14.3. The van der Waals surface area contributed by atoms with Crippen LogP contribution in [0.15, 0.2) is 16.9 Å². The molecule has 54 heavy (non-hydrogen) atoms. The smallest absolute Gasteiger partial charge is 0.343 e. The maximum absolute atomic E-state index is 15.2. The Kier molecular flexibility index (Phi) is 10.6. The van der Waals surface area contributed by atoms with Gasteiger partial charge >= 0.3 is 5.97 Å². The molecule has 4 heterocycles. The molecule has 0 radical (unpaired) electrons. The fourth-order valence-electron chi connectivity index (χ4n) is 7.27. The van der Waals surface area contributed by atoms with E-state index in [1.165, 1.54) is 17.6 Å². The van der Waals surface area contributed by atoms with Crippen molar-refractivity contribution in [2.24, 2.45) is 11.7 Å². The standard InChI is InChI=1S/C37H44FN7O9/c1-6-37(52)22-9-26-32-20(12-45(26)35(50)21(22)13-54-36(37)51)30-24(8-7-19-17(4)23(38)10-25(44-32)29(19)30)43-28(47)14-53-15-41-27(46)11-40-33(48)18(5)42-34(49)31(39)16(2)3/h9-10,16,18,24,31,52H,6-8,11-15,39H2,1-5H3,(H,40,48)(H,41,46)(H,42,49)(H,43,47)/t18-,24-,31-,37-/m0/s1. The highest BCUT2D eigenvalue weighted by Gasteiger charge is 2.46. The lowest BCUT2D eigenvalue weighted by atomic mass is 9.81. The molecule has 3 aliphatic rings. The number of cyclic esters (lactones) is 1. The number of carbonyl (C=O) groups excluding carboxylic acids is 5. The van der Waals surface area contributed by atoms with Crippen LogP contribution >= 0.6 is 0 Å². The molecule has 16 nitrogen and oxygen atoms in total. The third-order valence-corrected chi connectivity index (χ3v) is 10.5. The van der Waals surface area contributed by atoms with Gasteiger partial charge in [-0.25, -0.2) is 14.2 Å². The molecule has 1 aliphatic carbocycles. The Morgan fingerprint density at radius 3 is 2.56 bits per heavy atom. The van der Waals surface area contributed by atoms with E-state index < -0.39 is 77.9 Å². The average Bonchev–Trinajstić information content (AvgIpc) is 3.51. The lowest BCUT2D eigenvalue weighted by Gasteiger charge is -2.31. The molecular weight excluding hydrogens is 705 g/mol. The molecule has 2 aliphatic heterocycles. The van der Waals surface area contributed by atoms with E-state index in [0.717, 1.165) is 5.56 Å². The first kappa shape index (κ1) is 38.5. The van der Waals surface area contributed by atoms with Gasteiger partial charge in [0.05, 0.1) is 47.6 Å². The Balaban J connectivity index is 1.15. The number of nitrogens with zero attached hydrogens (tertiary/aromatic N) is 2. The van der Waals surface area contributed by atoms with Crippen LogP contribution in [0.3, 0.4) is 0 Å². The lowest BCUT2D eigenvalue weighted by Crippen LogP contribution is -2.52. The number of aryl methyl sites for hydroxylation is 1. The van der Waals surface area contributed by atoms with Gasteiger partial charge in [-0.1, -0.05) is 20.8 Å². The van der Waals surface area contributed by atoms with Crippen LogP contribution in [0.1, 0.15) is 80.0 Å². The number of aromatic nitrogens is 2. The Labute approximate surface area is 309 Å². The third kappa shape index (κ3) is 6.82. The van der Waals surface area contributed by atoms with Gasteiger partial charge in [0.25, 0.3) is 5.56 Å². The number of hydrogen-bond donors (Lipinski definition) is 6. The zero-order chi connectivity index (χ0) is 39.2. The molecule has 0 saturated carbocycles. The fourth-order valence-corrected chi connectivity index (χ4v) is 7.27. The molecule has 0 saturated heterocycles. The van der Waals surface area contributed by atoms with Crippen LogP contribution in [0.2, 0.25) is 0 Å². The average molecular weight is 750 g/mol. The summed E-state index contributed by atoms with van der Waals surface area (Å²) in [5.74, 6) is -3.57. The van der Waals surface area contributed by atoms with Crippen molar-refractivity contribution in [2.75, 3.05) is 19.9 Å². The van der Waals surface area contributed by atoms with E-state index in [1.807, 2.05) is 0 Å². The topological polar surface area (TPSA) is 233 Å². The largest absolute Gasteiger partial charge is 0.458 e. The predicted molar refractivity (Wildman–Crippen MR) is 191 cm³/mol. The maximum Gasteiger partial charge on any atom is 0.343 e. The Hall–Kier alpha value is -5.26. The summed E-state index contributed by atoms with van der Waals surface area (Å²) in [4.78, 5) is 81.2. The summed E-state index contributed by atoms with van der Waals surface area (Å²) >= 11 is 0. The minimum atomic E-state index is -2.02. The van der Waals surface area contributed by atoms with E-state index in [2.05, 4.69) is 21.3 Å². The van der Waals surface area contributed by atoms with Gasteiger partial charge in [-0.2, -0.15) is 0 Å². The van der Waals surface area contributed by atoms with Crippen LogP contribution in [0.25, 0.3) is 22.3 Å². The van der Waals surface area contributed by atoms with Crippen molar-refractivity contribution in [1.29, 1.82) is 0 Å². The molecule has 0 spiro atoms. The summed E-state index contributed by atoms with van der Waals surface area (Å²) in [6.45, 7) is 6.96. The highest BCUT2D eigenvalue weighted by molar-refractivity contribution is 5.94. The summed E-state index contributed by atoms with van der Waals surface area (Å²) in [6, 6.07) is 0.630. The zero-order valence-electron chi connectivity index (χ0n) is 30.7. The fraction of sp³-hybridized carbons (Fsp3) is 0.486. The second kappa shape index (κ2) is 14.9. The van der Waals surface area contributed by atoms with Crippen molar-refractivity contribution in [2.45, 2.75) is 90.8 Å². The number of nitrogens with two attached hydrogens (primary N) is 1. The van der Waals surface area contributed by atoms with Crippen LogP contribution in [0.5, 0.6) is 0 Å². The molecule has 3 aromatic rings. The molecular formula is C37H44FN7O9. The molecule has 7 N–H and O–H groups in total. The van der Waals surface area contributed by atoms with E-state index in [1.54, 1.807) is 33.8 Å². The number of esters is 1. The van der Waals surface area contributed by atoms with E-state index in [9.17, 15) is 33.9 Å². The first-order valence-electron chi connectivity index (χ1n) is 17.9. The first-order chi connectivity index (χ1) is 25.6. The normalized spacial score (nSPS) is 19.3. The van der Waals surface area contributed by atoms with Crippen molar-refractivity contribution in [3.8, 4) is 11.4 Å². The minimum absolute atomic E-state index is 0.0238. The van der Waals surface area contributed by atoms with Gasteiger partial charge in [0.1, 0.15) is 31.8 Å². The molecule has 4 amide bonds. The van der Waals surface area contributed by atoms with Crippen LogP contribution in [0.4, 0.5) is 4.39 Å². The van der Waals surface area contributed by atoms with Gasteiger partial charge in [-0.15, -0.1) is 0 Å². The first-order valence-corrected chi connectivity index (χ1v) is 17.9. The second-order valence-electron chi connectivity index (χ2n) is 14.3. The molecule has 0 unspecified atom stereocenters. The van der Waals surface area contributed by atoms with E-state index >= 15 is 4.39 Å². The Bertz CT molecular complexity index is 2150. The quantitative estimate of drug-likeness (QED) is 0.0656. The highest BCUT2D eigenvalue weighted by atomic mass is 19.1. The van der Waals surface area contributed by atoms with Crippen molar-refractivity contribution in [1.82, 2.24) is 30.8 Å². The van der Waals surface area contributed by atoms with Gasteiger partial charge in [-0.3, -0.25) is 24.0 Å². The zero-order valence-corrected chi connectivity index (χ0v) is 30.7. The summed E-state index contributed by atoms with van der Waals surface area (Å²) in [6.07, 6.45) is 0.829. The molecule has 2 aromatic heterocycles. The Morgan fingerprint density at radius 2 is 1.85 bits per heavy atom. The van der Waals surface area contributed by atoms with Gasteiger partial charge in [0.15, 0.2) is 5.60 Å². The number of fused-ring (bicyclic) bond motifs is 5. The van der Waals surface area contributed by atoms with Crippen LogP contribution in [-0.4, -0.2) is 76.2 Å². The molecule has 17 heteroatoms. The number of pyridine rings is 2. The highest BCUT2D eigenvalue weighted by Crippen LogP contribution is 2.45. The number of ether oxygens (including phenoxy) is 2. The molecule has 0 bridgehead atoms. The minimum Gasteiger partial charge on any atom is -0.458 e. The van der Waals surface area contributed by atoms with Gasteiger partial charge in [0.2, 0.25) is 23.6 Å². The summed E-state index contributed by atoms with van der Waals surface area (Å²) in [7, 11) is 0. The van der Waals surface area contributed by atoms with Crippen molar-refractivity contribution in [3.05, 3.63) is 61.7 Å². The molecule has 0 fully saturated rings. The number of carbonyl (C=O) groups is 5. The summed E-state index contributed by atoms with van der Waals surface area (Å²) in [5.41, 5.74) is 7.29. The number of hydrogen-bond acceptors (Lipinski definition) is 11. The van der Waals surface area contributed by atoms with Gasteiger partial charge in [-0.05, 0) is 61.8 Å². The SMILES string of the molecule is CC[C@@]1(O)C(=O)OCc2c1cc1n(c2=O)Cc2c-1nc1cc(F)c(C)c3c1c2[C@@H](NC(=O)COCNC(=O)CNC(=O)[C@H](C)NC(=O)[C@@H](N)C(C)C)CC3. The van der Waals surface area contributed by atoms with E-state index in [4.69, 9.17) is 20.2 Å². The van der Waals surface area contributed by atoms with Gasteiger partial charge in [0, 0.05) is 22.6 Å². The number of aliphatic hydroxyl groups is 1. The number of rotatable bonds is 12. The number of nitrogens with one attached hydrogen (secondary N) is 4. The van der Waals surface area contributed by atoms with Crippen molar-refractivity contribution >= 4 is 40.5 Å². The maximum atomic E-state index is 15.2. The number of halogens is 1. The Morgan fingerprint density at radius 1 is 1.11 bits per heavy atom. The molecule has 4 atom stereocenters. The van der Waals surface area contributed by atoms with E-state index in [0.29, 0.717) is 51.8 Å². The summed E-state index contributed by atoms with van der Waals surface area (Å²) < 4.78 is 27.3. The predicted octanol–water partition coefficient (Wildman–Crippen LogP) is 0.325.